The van der Waals surface area contributed by atoms with Crippen LogP contribution in [-0.4, -0.2) is 13.1 Å². The van der Waals surface area contributed by atoms with Crippen LogP contribution in [0.4, 0.5) is 8.78 Å². The van der Waals surface area contributed by atoms with E-state index in [0.29, 0.717) is 0 Å². The fourth-order valence-electron chi connectivity index (χ4n) is 1.26. The molecule has 0 radical (unpaired) electrons. The van der Waals surface area contributed by atoms with Crippen LogP contribution in [0.1, 0.15) is 26.7 Å². The van der Waals surface area contributed by atoms with Crippen molar-refractivity contribution in [3.8, 4) is 0 Å². The maximum Gasteiger partial charge on any atom is 0.126 e. The van der Waals surface area contributed by atoms with Gasteiger partial charge in [-0.15, -0.1) is 0 Å². The highest BCUT2D eigenvalue weighted by Gasteiger charge is 1.93. The lowest BCUT2D eigenvalue weighted by molar-refractivity contribution is 0.520. The summed E-state index contributed by atoms with van der Waals surface area (Å²) < 4.78 is 23.9. The third-order valence-electron chi connectivity index (χ3n) is 1.99. The van der Waals surface area contributed by atoms with Crippen molar-refractivity contribution in [2.45, 2.75) is 26.7 Å². The van der Waals surface area contributed by atoms with Crippen molar-refractivity contribution in [3.63, 3.8) is 0 Å². The zero-order valence-corrected chi connectivity index (χ0v) is 8.10. The molecule has 0 atom stereocenters. The quantitative estimate of drug-likeness (QED) is 0.699. The Morgan fingerprint density at radius 1 is 0.933 bits per heavy atom. The van der Waals surface area contributed by atoms with E-state index in [1.54, 1.807) is 0 Å². The minimum atomic E-state index is -0.537. The van der Waals surface area contributed by atoms with Crippen LogP contribution in [0.15, 0.2) is 24.3 Å². The van der Waals surface area contributed by atoms with Crippen LogP contribution in [-0.2, 0) is 0 Å². The van der Waals surface area contributed by atoms with Crippen LogP contribution in [0.25, 0.3) is 0 Å². The van der Waals surface area contributed by atoms with E-state index in [1.165, 1.54) is 50.6 Å². The first-order chi connectivity index (χ1) is 6.79. The second kappa shape index (κ2) is 8.36. The van der Waals surface area contributed by atoms with Crippen molar-refractivity contribution in [1.82, 2.24) is 5.32 Å². The topological polar surface area (TPSA) is 12.0 Å². The lowest BCUT2D eigenvalue weighted by atomic mass is 10.2. The fourth-order valence-corrected chi connectivity index (χ4v) is 1.26. The molecule has 0 aliphatic carbocycles. The number of nitrogens with one attached hydrogen (secondary N) is 1. The van der Waals surface area contributed by atoms with E-state index in [4.69, 9.17) is 0 Å². The van der Waals surface area contributed by atoms with E-state index < -0.39 is 11.6 Å². The van der Waals surface area contributed by atoms with Crippen molar-refractivity contribution in [3.05, 3.63) is 35.9 Å². The van der Waals surface area contributed by atoms with Crippen LogP contribution in [0.2, 0.25) is 0 Å². The summed E-state index contributed by atoms with van der Waals surface area (Å²) in [5, 5.41) is 3.28. The zero-order valence-electron chi connectivity index (χ0n) is 8.10. The van der Waals surface area contributed by atoms with Gasteiger partial charge in [0, 0.05) is 6.07 Å². The molecule has 0 bridgehead atoms. The molecule has 1 aliphatic heterocycles. The molecule has 1 N–H and O–H groups in total. The van der Waals surface area contributed by atoms with Crippen LogP contribution in [0, 0.1) is 11.6 Å². The molecule has 2 rings (SSSR count). The van der Waals surface area contributed by atoms with Gasteiger partial charge in [0.05, 0.1) is 0 Å². The molecular weight excluding hydrogens is 196 g/mol. The molecule has 1 nitrogen and oxygen atoms in total. The van der Waals surface area contributed by atoms with Gasteiger partial charge >= 0.3 is 0 Å². The highest BCUT2D eigenvalue weighted by atomic mass is 19.1. The molecule has 1 heterocycles. The van der Waals surface area contributed by atoms with Gasteiger partial charge in [-0.1, -0.05) is 19.9 Å². The minimum Gasteiger partial charge on any atom is -0.317 e. The second-order valence-electron chi connectivity index (χ2n) is 3.25. The van der Waals surface area contributed by atoms with Gasteiger partial charge in [-0.25, -0.2) is 8.78 Å². The lowest BCUT2D eigenvalue weighted by Crippen LogP contribution is -2.21. The predicted molar refractivity (Wildman–Crippen MR) is 59.8 cm³/mol. The van der Waals surface area contributed by atoms with Gasteiger partial charge in [-0.2, -0.15) is 0 Å². The van der Waals surface area contributed by atoms with E-state index in [-0.39, 0.29) is 7.43 Å². The first-order valence-corrected chi connectivity index (χ1v) is 4.91. The van der Waals surface area contributed by atoms with Crippen molar-refractivity contribution in [1.29, 1.82) is 0 Å². The summed E-state index contributed by atoms with van der Waals surface area (Å²) >= 11 is 0. The minimum absolute atomic E-state index is 0. The van der Waals surface area contributed by atoms with E-state index >= 15 is 0 Å². The normalized spacial score (nSPS) is 14.5. The van der Waals surface area contributed by atoms with Gasteiger partial charge in [0.1, 0.15) is 11.6 Å². The predicted octanol–water partition coefficient (Wildman–Crippen LogP) is 3.36. The molecule has 0 saturated carbocycles. The summed E-state index contributed by atoms with van der Waals surface area (Å²) in [7, 11) is 0. The third-order valence-corrected chi connectivity index (χ3v) is 1.99. The van der Waals surface area contributed by atoms with Crippen LogP contribution in [0.5, 0.6) is 0 Å². The van der Waals surface area contributed by atoms with Gasteiger partial charge in [-0.3, -0.25) is 0 Å². The maximum absolute atomic E-state index is 11.9. The maximum atomic E-state index is 11.9. The molecule has 1 aromatic rings. The van der Waals surface area contributed by atoms with Crippen molar-refractivity contribution in [2.24, 2.45) is 0 Å². The largest absolute Gasteiger partial charge is 0.317 e. The highest BCUT2D eigenvalue weighted by Crippen LogP contribution is 1.99. The zero-order chi connectivity index (χ0) is 10.2. The molecule has 3 heteroatoms. The molecule has 1 saturated heterocycles. The van der Waals surface area contributed by atoms with Crippen molar-refractivity contribution < 1.29 is 8.78 Å². The van der Waals surface area contributed by atoms with Crippen LogP contribution >= 0.6 is 0 Å². The smallest absolute Gasteiger partial charge is 0.126 e. The van der Waals surface area contributed by atoms with Gasteiger partial charge in [0.2, 0.25) is 0 Å². The Bertz CT molecular complexity index is 231. The summed E-state index contributed by atoms with van der Waals surface area (Å²) in [6.07, 6.45) is 4.22. The standard InChI is InChI=1S/C6H4F2.C5H11N.CH4/c7-5-2-1-3-6(8)4-5;1-2-4-6-5-3-1;/h1-4H;6H,1-5H2;1H4. The first-order valence-electron chi connectivity index (χ1n) is 4.91. The summed E-state index contributed by atoms with van der Waals surface area (Å²) in [4.78, 5) is 0. The highest BCUT2D eigenvalue weighted by molar-refractivity contribution is 5.04. The summed E-state index contributed by atoms with van der Waals surface area (Å²) in [6, 6.07) is 4.55. The summed E-state index contributed by atoms with van der Waals surface area (Å²) in [5.74, 6) is -1.07. The molecule has 0 spiro atoms. The molecule has 1 aromatic carbocycles. The average molecular weight is 215 g/mol. The first kappa shape index (κ1) is 14.0. The number of hydrogen-bond donors (Lipinski definition) is 1. The third kappa shape index (κ3) is 7.03. The van der Waals surface area contributed by atoms with Crippen LogP contribution < -0.4 is 5.32 Å². The molecule has 0 unspecified atom stereocenters. The Hall–Kier alpha value is -0.960. The lowest BCUT2D eigenvalue weighted by Gasteiger charge is -2.08. The Kier molecular flexibility index (Phi) is 7.82. The SMILES string of the molecule is C.C1CCNCC1.Fc1cccc(F)c1. The molecule has 86 valence electrons. The number of hydrogen-bond acceptors (Lipinski definition) is 1. The summed E-state index contributed by atoms with van der Waals surface area (Å²) in [6.45, 7) is 2.50. The van der Waals surface area contributed by atoms with E-state index in [1.807, 2.05) is 0 Å². The number of benzene rings is 1. The van der Waals surface area contributed by atoms with Gasteiger partial charge in [0.15, 0.2) is 0 Å². The van der Waals surface area contributed by atoms with Crippen molar-refractivity contribution >= 4 is 0 Å². The Morgan fingerprint density at radius 2 is 1.47 bits per heavy atom. The molecule has 1 aliphatic rings. The number of piperidine rings is 1. The molecule has 0 amide bonds. The molecular formula is C12H19F2N. The molecule has 15 heavy (non-hydrogen) atoms. The van der Waals surface area contributed by atoms with Gasteiger partial charge in [-0.05, 0) is 38.1 Å². The van der Waals surface area contributed by atoms with E-state index in [9.17, 15) is 8.78 Å². The number of halogens is 2. The Morgan fingerprint density at radius 3 is 1.67 bits per heavy atom. The Labute approximate surface area is 90.5 Å². The molecule has 0 aromatic heterocycles. The van der Waals surface area contributed by atoms with E-state index in [2.05, 4.69) is 5.32 Å². The van der Waals surface area contributed by atoms with Gasteiger partial charge < -0.3 is 5.32 Å². The van der Waals surface area contributed by atoms with Gasteiger partial charge in [0.25, 0.3) is 0 Å². The monoisotopic (exact) mass is 215 g/mol. The fraction of sp³-hybridized carbons (Fsp3) is 0.500. The van der Waals surface area contributed by atoms with E-state index in [0.717, 1.165) is 6.07 Å². The molecule has 1 fully saturated rings. The van der Waals surface area contributed by atoms with Crippen molar-refractivity contribution in [2.75, 3.05) is 13.1 Å². The second-order valence-corrected chi connectivity index (χ2v) is 3.25. The summed E-state index contributed by atoms with van der Waals surface area (Å²) in [5.41, 5.74) is 0. The Balaban J connectivity index is 0.000000253. The average Bonchev–Trinajstić information content (AvgIpc) is 2.21. The van der Waals surface area contributed by atoms with Crippen LogP contribution in [0.3, 0.4) is 0 Å². The number of rotatable bonds is 0.